The summed E-state index contributed by atoms with van der Waals surface area (Å²) in [5.74, 6) is 1.41. The number of carbonyl (C=O) groups excluding carboxylic acids is 1. The topological polar surface area (TPSA) is 63.4 Å². The highest BCUT2D eigenvalue weighted by Crippen LogP contribution is 2.30. The van der Waals surface area contributed by atoms with Crippen LogP contribution in [0.2, 0.25) is 0 Å². The molecule has 0 saturated heterocycles. The zero-order valence-electron chi connectivity index (χ0n) is 12.0. The van der Waals surface area contributed by atoms with Gasteiger partial charge in [-0.3, -0.25) is 4.79 Å². The van der Waals surface area contributed by atoms with Crippen LogP contribution in [-0.4, -0.2) is 30.1 Å². The fourth-order valence-corrected chi connectivity index (χ4v) is 3.50. The summed E-state index contributed by atoms with van der Waals surface area (Å²) < 4.78 is 12.1. The number of ether oxygens (including phenoxy) is 2. The molecule has 0 bridgehead atoms. The first-order chi connectivity index (χ1) is 10.6. The van der Waals surface area contributed by atoms with Gasteiger partial charge in [-0.15, -0.1) is 11.3 Å². The zero-order chi connectivity index (χ0) is 15.5. The van der Waals surface area contributed by atoms with Crippen molar-refractivity contribution in [1.29, 1.82) is 0 Å². The number of aromatic amines is 1. The Morgan fingerprint density at radius 1 is 1.45 bits per heavy atom. The summed E-state index contributed by atoms with van der Waals surface area (Å²) in [5, 5.41) is 2.88. The molecule has 1 aliphatic rings. The average molecular weight is 336 g/mol. The lowest BCUT2D eigenvalue weighted by molar-refractivity contribution is -0.120. The molecule has 0 unspecified atom stereocenters. The van der Waals surface area contributed by atoms with Gasteiger partial charge in [-0.1, -0.05) is 12.1 Å². The maximum atomic E-state index is 12.0. The maximum absolute atomic E-state index is 12.0. The number of nitrogens with one attached hydrogen (secondary N) is 2. The van der Waals surface area contributed by atoms with E-state index in [0.717, 1.165) is 16.3 Å². The van der Waals surface area contributed by atoms with Crippen LogP contribution in [0.4, 0.5) is 0 Å². The first-order valence-corrected chi connectivity index (χ1v) is 8.18. The number of hydrogen-bond donors (Lipinski definition) is 2. The quantitative estimate of drug-likeness (QED) is 0.843. The number of hydrogen-bond acceptors (Lipinski definition) is 5. The van der Waals surface area contributed by atoms with Crippen LogP contribution >= 0.6 is 23.6 Å². The molecule has 0 fully saturated rings. The van der Waals surface area contributed by atoms with E-state index in [1.54, 1.807) is 0 Å². The molecule has 2 heterocycles. The molecule has 0 spiro atoms. The third kappa shape index (κ3) is 3.48. The molecule has 116 valence electrons. The van der Waals surface area contributed by atoms with E-state index in [9.17, 15) is 4.79 Å². The first-order valence-electron chi connectivity index (χ1n) is 6.95. The highest BCUT2D eigenvalue weighted by atomic mass is 32.1. The molecule has 1 amide bonds. The van der Waals surface area contributed by atoms with Crippen LogP contribution < -0.4 is 14.8 Å². The lowest BCUT2D eigenvalue weighted by Gasteiger charge is -2.26. The number of aromatic nitrogens is 1. The fourth-order valence-electron chi connectivity index (χ4n) is 2.21. The number of H-pyrrole nitrogens is 1. The highest BCUT2D eigenvalue weighted by Gasteiger charge is 2.21. The lowest BCUT2D eigenvalue weighted by atomic mass is 10.2. The number of amides is 1. The van der Waals surface area contributed by atoms with Gasteiger partial charge in [0, 0.05) is 10.6 Å². The first kappa shape index (κ1) is 15.1. The monoisotopic (exact) mass is 336 g/mol. The molecule has 0 aliphatic carbocycles. The molecular formula is C15H16N2O3S2. The second-order valence-corrected chi connectivity index (χ2v) is 6.81. The molecule has 2 aromatic rings. The molecular weight excluding hydrogens is 320 g/mol. The largest absolute Gasteiger partial charge is 0.486 e. The Labute approximate surface area is 137 Å². The minimum absolute atomic E-state index is 0.0455. The van der Waals surface area contributed by atoms with E-state index in [4.69, 9.17) is 21.7 Å². The zero-order valence-corrected chi connectivity index (χ0v) is 13.7. The molecule has 1 aliphatic heterocycles. The van der Waals surface area contributed by atoms with Crippen LogP contribution in [0, 0.1) is 10.9 Å². The van der Waals surface area contributed by atoms with Gasteiger partial charge in [0.25, 0.3) is 0 Å². The number of thiazole rings is 1. The summed E-state index contributed by atoms with van der Waals surface area (Å²) in [6.45, 7) is 2.77. The van der Waals surface area contributed by atoms with Crippen LogP contribution in [0.15, 0.2) is 24.3 Å². The van der Waals surface area contributed by atoms with Crippen molar-refractivity contribution in [2.24, 2.45) is 0 Å². The summed E-state index contributed by atoms with van der Waals surface area (Å²) in [6, 6.07) is 7.52. The summed E-state index contributed by atoms with van der Waals surface area (Å²) in [6.07, 6.45) is 0.151. The number of rotatable bonds is 4. The van der Waals surface area contributed by atoms with Crippen molar-refractivity contribution < 1.29 is 14.3 Å². The summed E-state index contributed by atoms with van der Waals surface area (Å²) in [5.41, 5.74) is 0.955. The van der Waals surface area contributed by atoms with Crippen molar-refractivity contribution >= 4 is 29.5 Å². The van der Waals surface area contributed by atoms with Gasteiger partial charge in [0.1, 0.15) is 12.7 Å². The van der Waals surface area contributed by atoms with Crippen LogP contribution in [0.1, 0.15) is 10.6 Å². The van der Waals surface area contributed by atoms with Crippen molar-refractivity contribution in [3.8, 4) is 11.5 Å². The summed E-state index contributed by atoms with van der Waals surface area (Å²) >= 11 is 6.51. The van der Waals surface area contributed by atoms with Gasteiger partial charge in [0.15, 0.2) is 15.5 Å². The van der Waals surface area contributed by atoms with Gasteiger partial charge >= 0.3 is 0 Å². The Morgan fingerprint density at radius 2 is 2.23 bits per heavy atom. The van der Waals surface area contributed by atoms with Crippen molar-refractivity contribution in [1.82, 2.24) is 10.3 Å². The second kappa shape index (κ2) is 6.50. The van der Waals surface area contributed by atoms with Crippen LogP contribution in [0.25, 0.3) is 0 Å². The number of benzene rings is 1. The van der Waals surface area contributed by atoms with E-state index in [1.807, 2.05) is 31.2 Å². The van der Waals surface area contributed by atoms with Crippen molar-refractivity contribution in [2.45, 2.75) is 19.4 Å². The Hall–Kier alpha value is -1.86. The number of aryl methyl sites for hydroxylation is 1. The van der Waals surface area contributed by atoms with Gasteiger partial charge in [-0.2, -0.15) is 0 Å². The third-order valence-corrected chi connectivity index (χ3v) is 4.68. The molecule has 1 atom stereocenters. The number of carbonyl (C=O) groups is 1. The Kier molecular flexibility index (Phi) is 4.44. The van der Waals surface area contributed by atoms with E-state index < -0.39 is 0 Å². The smallest absolute Gasteiger partial charge is 0.225 e. The predicted octanol–water partition coefficient (Wildman–Crippen LogP) is 2.61. The SMILES string of the molecule is Cc1[nH]c(=S)sc1CC(=O)NC[C@@H]1COc2ccccc2O1. The summed E-state index contributed by atoms with van der Waals surface area (Å²) in [4.78, 5) is 16.0. The minimum atomic E-state index is -0.177. The average Bonchev–Trinajstić information content (AvgIpc) is 2.82. The molecule has 1 aromatic heterocycles. The molecule has 5 nitrogen and oxygen atoms in total. The standard InChI is InChI=1S/C15H16N2O3S2/c1-9-13(22-15(21)17-9)6-14(18)16-7-10-8-19-11-4-2-3-5-12(11)20-10/h2-5,10H,6-8H2,1H3,(H,16,18)(H,17,21)/t10-/m1/s1. The Balaban J connectivity index is 1.52. The predicted molar refractivity (Wildman–Crippen MR) is 87.3 cm³/mol. The molecule has 0 saturated carbocycles. The maximum Gasteiger partial charge on any atom is 0.225 e. The number of fused-ring (bicyclic) bond motifs is 1. The van der Waals surface area contributed by atoms with Gasteiger partial charge in [-0.25, -0.2) is 0 Å². The van der Waals surface area contributed by atoms with Crippen molar-refractivity contribution in [2.75, 3.05) is 13.2 Å². The molecule has 2 N–H and O–H groups in total. The molecule has 3 rings (SSSR count). The molecule has 7 heteroatoms. The van der Waals surface area contributed by atoms with E-state index in [-0.39, 0.29) is 12.0 Å². The number of para-hydroxylation sites is 2. The van der Waals surface area contributed by atoms with Crippen LogP contribution in [0.3, 0.4) is 0 Å². The second-order valence-electron chi connectivity index (χ2n) is 5.04. The van der Waals surface area contributed by atoms with Gasteiger partial charge in [0.2, 0.25) is 5.91 Å². The van der Waals surface area contributed by atoms with Gasteiger partial charge in [-0.05, 0) is 31.3 Å². The third-order valence-electron chi connectivity index (χ3n) is 3.34. The van der Waals surface area contributed by atoms with Crippen molar-refractivity contribution in [3.05, 3.63) is 38.8 Å². The van der Waals surface area contributed by atoms with Crippen LogP contribution in [0.5, 0.6) is 11.5 Å². The van der Waals surface area contributed by atoms with Gasteiger partial charge < -0.3 is 19.8 Å². The highest BCUT2D eigenvalue weighted by molar-refractivity contribution is 7.73. The normalized spacial score (nSPS) is 16.3. The molecule has 22 heavy (non-hydrogen) atoms. The Morgan fingerprint density at radius 3 is 2.95 bits per heavy atom. The van der Waals surface area contributed by atoms with Crippen LogP contribution in [-0.2, 0) is 11.2 Å². The van der Waals surface area contributed by atoms with Gasteiger partial charge in [0.05, 0.1) is 13.0 Å². The van der Waals surface area contributed by atoms with E-state index in [1.165, 1.54) is 11.3 Å². The lowest BCUT2D eigenvalue weighted by Crippen LogP contribution is -2.41. The molecule has 1 aromatic carbocycles. The van der Waals surface area contributed by atoms with E-state index in [2.05, 4.69) is 10.3 Å². The molecule has 0 radical (unpaired) electrons. The van der Waals surface area contributed by atoms with E-state index in [0.29, 0.717) is 29.3 Å². The Bertz CT molecular complexity index is 738. The van der Waals surface area contributed by atoms with E-state index >= 15 is 0 Å². The minimum Gasteiger partial charge on any atom is -0.486 e. The summed E-state index contributed by atoms with van der Waals surface area (Å²) in [7, 11) is 0. The van der Waals surface area contributed by atoms with Crippen molar-refractivity contribution in [3.63, 3.8) is 0 Å². The fraction of sp³-hybridized carbons (Fsp3) is 0.333.